The van der Waals surface area contributed by atoms with E-state index in [0.29, 0.717) is 44.4 Å². The van der Waals surface area contributed by atoms with Gasteiger partial charge >= 0.3 is 29.8 Å². The van der Waals surface area contributed by atoms with Crippen molar-refractivity contribution < 1.29 is 66.8 Å². The number of Topliss-reactive ketones (excluding diaryl/α,β-unsaturated/α-hetero) is 2. The summed E-state index contributed by atoms with van der Waals surface area (Å²) >= 11 is 0. The summed E-state index contributed by atoms with van der Waals surface area (Å²) in [5.41, 5.74) is 2.63. The average molecular weight is 845 g/mol. The van der Waals surface area contributed by atoms with E-state index in [1.807, 2.05) is 23.9 Å². The minimum absolute atomic E-state index is 0.0876. The monoisotopic (exact) mass is 844 g/mol. The number of hydrogen-bond donors (Lipinski definition) is 0. The van der Waals surface area contributed by atoms with E-state index in [2.05, 4.69) is 45.4 Å². The number of benzene rings is 1. The molecular formula is C44H64N2O14. The first-order valence-corrected chi connectivity index (χ1v) is 20.3. The Morgan fingerprint density at radius 1 is 0.517 bits per heavy atom. The summed E-state index contributed by atoms with van der Waals surface area (Å²) in [5, 5.41) is 0. The molecule has 4 unspecified atom stereocenters. The van der Waals surface area contributed by atoms with E-state index in [0.717, 1.165) is 19.3 Å². The van der Waals surface area contributed by atoms with Crippen molar-refractivity contribution in [3.63, 3.8) is 0 Å². The molecule has 0 saturated heterocycles. The molecule has 0 bridgehead atoms. The predicted octanol–water partition coefficient (Wildman–Crippen LogP) is 4.30. The van der Waals surface area contributed by atoms with Crippen molar-refractivity contribution in [2.75, 3.05) is 35.4 Å². The van der Waals surface area contributed by atoms with Gasteiger partial charge in [0.05, 0.1) is 39.1 Å². The number of ether oxygens (including phenoxy) is 5. The highest BCUT2D eigenvalue weighted by Gasteiger charge is 2.41. The maximum absolute atomic E-state index is 11.8. The van der Waals surface area contributed by atoms with E-state index in [1.165, 1.54) is 53.2 Å². The zero-order valence-corrected chi connectivity index (χ0v) is 37.0. The SMILES string of the molecule is CC(=O)N(C)C1CC(c2ccccc2C)CC(N(C)C(C)=O)C1.CC(=O)OC1CC(OC(C)=O)CC(C(=O)C(C)=O)C1.COC(=O)C1CC(C(=O)OC)CC(C(=O)OC)C1. The van der Waals surface area contributed by atoms with Crippen molar-refractivity contribution in [3.05, 3.63) is 35.4 Å². The molecule has 3 fully saturated rings. The fraction of sp³-hybridized carbons (Fsp3) is 0.659. The molecule has 16 heteroatoms. The standard InChI is InChI=1S/C19H28N2O2.C13H18O6.C12H18O6/c1-13-8-6-7-9-19(13)16-10-17(20(4)14(2)22)12-18(11-16)21(5)15(3)23;1-7(14)13(17)10-4-11(18-8(2)15)6-12(5-10)19-9(3)16;1-16-10(13)7-4-8(11(14)17-2)6-9(5-7)12(15)18-3/h6-9,16-18H,10-12H2,1-5H3;10-12H,4-6H2,1-3H3;7-9H,4-6H2,1-3H3. The molecule has 4 atom stereocenters. The Morgan fingerprint density at radius 2 is 0.900 bits per heavy atom. The highest BCUT2D eigenvalue weighted by atomic mass is 16.6. The molecule has 2 amide bonds. The molecule has 1 aromatic rings. The number of rotatable bonds is 10. The van der Waals surface area contributed by atoms with Gasteiger partial charge in [0.25, 0.3) is 0 Å². The van der Waals surface area contributed by atoms with E-state index in [1.54, 1.807) is 13.8 Å². The molecule has 1 aromatic carbocycles. The van der Waals surface area contributed by atoms with Crippen molar-refractivity contribution in [1.29, 1.82) is 0 Å². The summed E-state index contributed by atoms with van der Waals surface area (Å²) in [5.74, 6) is -4.55. The zero-order chi connectivity index (χ0) is 45.4. The van der Waals surface area contributed by atoms with Gasteiger partial charge in [0, 0.05) is 73.1 Å². The van der Waals surface area contributed by atoms with Gasteiger partial charge in [-0.05, 0) is 75.3 Å². The molecule has 60 heavy (non-hydrogen) atoms. The van der Waals surface area contributed by atoms with E-state index < -0.39 is 77.3 Å². The third kappa shape index (κ3) is 15.5. The number of ketones is 2. The van der Waals surface area contributed by atoms with Crippen molar-refractivity contribution >= 4 is 53.2 Å². The minimum atomic E-state index is -0.556. The van der Waals surface area contributed by atoms with Crippen molar-refractivity contribution in [2.45, 2.75) is 130 Å². The number of aryl methyl sites for hydroxylation is 1. The molecule has 334 valence electrons. The van der Waals surface area contributed by atoms with Crippen LogP contribution in [-0.4, -0.2) is 123 Å². The maximum atomic E-state index is 11.8. The number of methoxy groups -OCH3 is 3. The Bertz CT molecular complexity index is 1600. The molecule has 4 rings (SSSR count). The highest BCUT2D eigenvalue weighted by Crippen LogP contribution is 2.38. The van der Waals surface area contributed by atoms with Gasteiger partial charge in [-0.3, -0.25) is 43.2 Å². The zero-order valence-electron chi connectivity index (χ0n) is 37.0. The first-order chi connectivity index (χ1) is 28.1. The van der Waals surface area contributed by atoms with Gasteiger partial charge in [0.2, 0.25) is 17.6 Å². The number of carbonyl (C=O) groups is 9. The van der Waals surface area contributed by atoms with E-state index in [-0.39, 0.29) is 23.9 Å². The van der Waals surface area contributed by atoms with Crippen LogP contribution in [0.2, 0.25) is 0 Å². The Balaban J connectivity index is 0.000000313. The average Bonchev–Trinajstić information content (AvgIpc) is 3.21. The molecular weight excluding hydrogens is 780 g/mol. The van der Waals surface area contributed by atoms with Crippen LogP contribution in [0.1, 0.15) is 109 Å². The summed E-state index contributed by atoms with van der Waals surface area (Å²) in [6.45, 7) is 9.12. The number of hydrogen-bond acceptors (Lipinski definition) is 14. The molecule has 16 nitrogen and oxygen atoms in total. The van der Waals surface area contributed by atoms with Crippen LogP contribution in [0.4, 0.5) is 0 Å². The number of amides is 2. The van der Waals surface area contributed by atoms with Crippen LogP contribution >= 0.6 is 0 Å². The molecule has 3 aliphatic carbocycles. The second-order valence-electron chi connectivity index (χ2n) is 16.0. The van der Waals surface area contributed by atoms with Crippen LogP contribution in [0.5, 0.6) is 0 Å². The van der Waals surface area contributed by atoms with Gasteiger partial charge in [0.1, 0.15) is 12.2 Å². The Labute approximate surface area is 353 Å². The lowest BCUT2D eigenvalue weighted by Crippen LogP contribution is -2.48. The lowest BCUT2D eigenvalue weighted by atomic mass is 9.75. The van der Waals surface area contributed by atoms with Gasteiger partial charge in [0.15, 0.2) is 5.78 Å². The first-order valence-electron chi connectivity index (χ1n) is 20.3. The molecule has 0 spiro atoms. The van der Waals surface area contributed by atoms with Crippen molar-refractivity contribution in [2.24, 2.45) is 23.7 Å². The molecule has 0 aromatic heterocycles. The third-order valence-corrected chi connectivity index (χ3v) is 11.7. The molecule has 0 heterocycles. The van der Waals surface area contributed by atoms with Crippen LogP contribution in [0.25, 0.3) is 0 Å². The van der Waals surface area contributed by atoms with Gasteiger partial charge in [-0.1, -0.05) is 24.3 Å². The smallest absolute Gasteiger partial charge is 0.308 e. The van der Waals surface area contributed by atoms with E-state index in [4.69, 9.17) is 9.47 Å². The lowest BCUT2D eigenvalue weighted by molar-refractivity contribution is -0.161. The number of nitrogens with zero attached hydrogens (tertiary/aromatic N) is 2. The summed E-state index contributed by atoms with van der Waals surface area (Å²) in [7, 11) is 7.61. The summed E-state index contributed by atoms with van der Waals surface area (Å²) in [6.07, 6.45) is 3.81. The first kappa shape index (κ1) is 51.0. The van der Waals surface area contributed by atoms with Crippen LogP contribution in [-0.2, 0) is 66.8 Å². The predicted molar refractivity (Wildman–Crippen MR) is 217 cm³/mol. The van der Waals surface area contributed by atoms with Crippen LogP contribution in [0, 0.1) is 30.6 Å². The van der Waals surface area contributed by atoms with Crippen LogP contribution in [0.15, 0.2) is 24.3 Å². The second-order valence-corrected chi connectivity index (χ2v) is 16.0. The minimum Gasteiger partial charge on any atom is -0.469 e. The molecule has 0 N–H and O–H groups in total. The van der Waals surface area contributed by atoms with Crippen molar-refractivity contribution in [3.8, 4) is 0 Å². The fourth-order valence-corrected chi connectivity index (χ4v) is 8.48. The molecule has 3 aliphatic rings. The second kappa shape index (κ2) is 24.2. The third-order valence-electron chi connectivity index (χ3n) is 11.7. The molecule has 0 radical (unpaired) electrons. The number of carbonyl (C=O) groups excluding carboxylic acids is 9. The normalized spacial score (nSPS) is 25.8. The summed E-state index contributed by atoms with van der Waals surface area (Å²) in [4.78, 5) is 107. The number of esters is 5. The topological polar surface area (TPSA) is 206 Å². The molecule has 3 saturated carbocycles. The molecule has 0 aliphatic heterocycles. The highest BCUT2D eigenvalue weighted by molar-refractivity contribution is 6.37. The Hall–Kier alpha value is -5.15. The van der Waals surface area contributed by atoms with Crippen LogP contribution in [0.3, 0.4) is 0 Å². The summed E-state index contributed by atoms with van der Waals surface area (Å²) < 4.78 is 24.1. The quantitative estimate of drug-likeness (QED) is 0.183. The van der Waals surface area contributed by atoms with Gasteiger partial charge in [-0.15, -0.1) is 0 Å². The Morgan fingerprint density at radius 3 is 1.22 bits per heavy atom. The van der Waals surface area contributed by atoms with Gasteiger partial charge in [-0.2, -0.15) is 0 Å². The van der Waals surface area contributed by atoms with Gasteiger partial charge < -0.3 is 33.5 Å². The van der Waals surface area contributed by atoms with Crippen molar-refractivity contribution in [1.82, 2.24) is 9.80 Å². The van der Waals surface area contributed by atoms with Crippen LogP contribution < -0.4 is 0 Å². The van der Waals surface area contributed by atoms with E-state index >= 15 is 0 Å². The fourth-order valence-electron chi connectivity index (χ4n) is 8.48. The Kier molecular flexibility index (Phi) is 20.6. The van der Waals surface area contributed by atoms with Gasteiger partial charge in [-0.25, -0.2) is 0 Å². The largest absolute Gasteiger partial charge is 0.469 e. The lowest BCUT2D eigenvalue weighted by Gasteiger charge is -2.42. The van der Waals surface area contributed by atoms with E-state index in [9.17, 15) is 43.2 Å². The summed E-state index contributed by atoms with van der Waals surface area (Å²) in [6, 6.07) is 8.80. The maximum Gasteiger partial charge on any atom is 0.308 e.